The van der Waals surface area contributed by atoms with Crippen LogP contribution in [0, 0.1) is 11.8 Å². The van der Waals surface area contributed by atoms with Crippen LogP contribution >= 0.6 is 0 Å². The van der Waals surface area contributed by atoms with Crippen LogP contribution in [0.4, 0.5) is 0 Å². The van der Waals surface area contributed by atoms with E-state index in [9.17, 15) is 0 Å². The molecule has 0 saturated heterocycles. The Bertz CT molecular complexity index is 142. The Balaban J connectivity index is 3.62. The van der Waals surface area contributed by atoms with Gasteiger partial charge in [0.15, 0.2) is 0 Å². The van der Waals surface area contributed by atoms with Gasteiger partial charge in [0.2, 0.25) is 0 Å². The molecule has 0 aliphatic carbocycles. The maximum atomic E-state index is 2.43. The molecule has 0 amide bonds. The zero-order valence-corrected chi connectivity index (χ0v) is 10.1. The zero-order valence-electron chi connectivity index (χ0n) is 10.1. The lowest BCUT2D eigenvalue weighted by molar-refractivity contribution is 0.561. The molecule has 0 aromatic rings. The summed E-state index contributed by atoms with van der Waals surface area (Å²) >= 11 is 0. The van der Waals surface area contributed by atoms with Crippen LogP contribution in [0.3, 0.4) is 0 Å². The van der Waals surface area contributed by atoms with Crippen LogP contribution in [0.25, 0.3) is 0 Å². The summed E-state index contributed by atoms with van der Waals surface area (Å²) in [4.78, 5) is 0. The van der Waals surface area contributed by atoms with Gasteiger partial charge in [-0.15, -0.1) is 0 Å². The predicted octanol–water partition coefficient (Wildman–Crippen LogP) is 4.81. The highest BCUT2D eigenvalue weighted by atomic mass is 14.0. The third-order valence-electron chi connectivity index (χ3n) is 2.68. The highest BCUT2D eigenvalue weighted by Gasteiger charge is 1.98. The summed E-state index contributed by atoms with van der Waals surface area (Å²) in [6.07, 6.45) is 7.61. The molecule has 0 aromatic carbocycles. The lowest BCUT2D eigenvalue weighted by Gasteiger charge is -2.07. The van der Waals surface area contributed by atoms with Crippen LogP contribution in [0.15, 0.2) is 11.6 Å². The summed E-state index contributed by atoms with van der Waals surface area (Å²) in [6.45, 7) is 11.4. The summed E-state index contributed by atoms with van der Waals surface area (Å²) in [7, 11) is 0. The second kappa shape index (κ2) is 7.17. The van der Waals surface area contributed by atoms with E-state index >= 15 is 0 Å². The van der Waals surface area contributed by atoms with Gasteiger partial charge in [-0.05, 0) is 38.0 Å². The topological polar surface area (TPSA) is 0 Å². The molecule has 78 valence electrons. The second-order valence-corrected chi connectivity index (χ2v) is 4.73. The minimum absolute atomic E-state index is 0.840. The third kappa shape index (κ3) is 8.08. The molecule has 0 fully saturated rings. The SMILES string of the molecule is CCC(C)CC=C(C)CCC(C)C. The Morgan fingerprint density at radius 3 is 2.31 bits per heavy atom. The average Bonchev–Trinajstić information content (AvgIpc) is 2.10. The lowest BCUT2D eigenvalue weighted by Crippen LogP contribution is -1.91. The quantitative estimate of drug-likeness (QED) is 0.517. The van der Waals surface area contributed by atoms with E-state index in [0.717, 1.165) is 11.8 Å². The van der Waals surface area contributed by atoms with Gasteiger partial charge < -0.3 is 0 Å². The predicted molar refractivity (Wildman–Crippen MR) is 61.9 cm³/mol. The molecule has 0 aromatic heterocycles. The Kier molecular flexibility index (Phi) is 7.03. The first-order valence-electron chi connectivity index (χ1n) is 5.71. The van der Waals surface area contributed by atoms with Crippen LogP contribution in [0.1, 0.15) is 60.3 Å². The molecule has 0 spiro atoms. The van der Waals surface area contributed by atoms with E-state index in [1.165, 1.54) is 25.7 Å². The molecule has 1 atom stereocenters. The molecule has 1 unspecified atom stereocenters. The van der Waals surface area contributed by atoms with Gasteiger partial charge in [-0.1, -0.05) is 45.8 Å². The van der Waals surface area contributed by atoms with E-state index < -0.39 is 0 Å². The van der Waals surface area contributed by atoms with Crippen molar-refractivity contribution < 1.29 is 0 Å². The van der Waals surface area contributed by atoms with Crippen molar-refractivity contribution in [3.8, 4) is 0 Å². The molecular formula is C13H26. The fourth-order valence-corrected chi connectivity index (χ4v) is 1.19. The lowest BCUT2D eigenvalue weighted by atomic mass is 9.99. The van der Waals surface area contributed by atoms with E-state index in [1.54, 1.807) is 5.57 Å². The summed E-state index contributed by atoms with van der Waals surface area (Å²) in [5, 5.41) is 0. The van der Waals surface area contributed by atoms with E-state index in [0.29, 0.717) is 0 Å². The second-order valence-electron chi connectivity index (χ2n) is 4.73. The zero-order chi connectivity index (χ0) is 10.3. The minimum atomic E-state index is 0.840. The van der Waals surface area contributed by atoms with E-state index in [4.69, 9.17) is 0 Å². The normalized spacial score (nSPS) is 15.1. The summed E-state index contributed by atoms with van der Waals surface area (Å²) in [5.74, 6) is 1.70. The summed E-state index contributed by atoms with van der Waals surface area (Å²) < 4.78 is 0. The van der Waals surface area contributed by atoms with Gasteiger partial charge in [0.1, 0.15) is 0 Å². The Labute approximate surface area is 84.4 Å². The first-order chi connectivity index (χ1) is 6.06. The van der Waals surface area contributed by atoms with Gasteiger partial charge in [-0.25, -0.2) is 0 Å². The average molecular weight is 182 g/mol. The molecule has 0 heterocycles. The minimum Gasteiger partial charge on any atom is -0.0853 e. The molecule has 13 heavy (non-hydrogen) atoms. The molecule has 0 rings (SSSR count). The molecule has 0 nitrogen and oxygen atoms in total. The molecule has 0 aliphatic heterocycles. The van der Waals surface area contributed by atoms with Crippen molar-refractivity contribution in [3.63, 3.8) is 0 Å². The molecule has 0 radical (unpaired) electrons. The van der Waals surface area contributed by atoms with Gasteiger partial charge in [0.25, 0.3) is 0 Å². The fourth-order valence-electron chi connectivity index (χ4n) is 1.19. The number of allylic oxidation sites excluding steroid dienone is 2. The highest BCUT2D eigenvalue weighted by molar-refractivity contribution is 4.98. The van der Waals surface area contributed by atoms with Crippen LogP contribution in [0.2, 0.25) is 0 Å². The molecule has 0 aliphatic rings. The first-order valence-corrected chi connectivity index (χ1v) is 5.71. The van der Waals surface area contributed by atoms with Gasteiger partial charge >= 0.3 is 0 Å². The van der Waals surface area contributed by atoms with Crippen molar-refractivity contribution in [2.24, 2.45) is 11.8 Å². The van der Waals surface area contributed by atoms with Crippen LogP contribution < -0.4 is 0 Å². The number of hydrogen-bond donors (Lipinski definition) is 0. The van der Waals surface area contributed by atoms with Crippen molar-refractivity contribution in [1.82, 2.24) is 0 Å². The van der Waals surface area contributed by atoms with Crippen molar-refractivity contribution in [3.05, 3.63) is 11.6 Å². The third-order valence-corrected chi connectivity index (χ3v) is 2.68. The Morgan fingerprint density at radius 2 is 1.85 bits per heavy atom. The standard InChI is InChI=1S/C13H26/c1-6-12(4)9-10-13(5)8-7-11(2)3/h10-12H,6-9H2,1-5H3. The van der Waals surface area contributed by atoms with Crippen molar-refractivity contribution in [2.75, 3.05) is 0 Å². The Hall–Kier alpha value is -0.260. The largest absolute Gasteiger partial charge is 0.0853 e. The first kappa shape index (κ1) is 12.7. The monoisotopic (exact) mass is 182 g/mol. The maximum absolute atomic E-state index is 2.43. The van der Waals surface area contributed by atoms with E-state index in [2.05, 4.69) is 40.7 Å². The van der Waals surface area contributed by atoms with E-state index in [1.807, 2.05) is 0 Å². The summed E-state index contributed by atoms with van der Waals surface area (Å²) in [5.41, 5.74) is 1.58. The highest BCUT2D eigenvalue weighted by Crippen LogP contribution is 2.14. The molecule has 0 heteroatoms. The smallest absolute Gasteiger partial charge is 0.0321 e. The van der Waals surface area contributed by atoms with Crippen molar-refractivity contribution in [2.45, 2.75) is 60.3 Å². The van der Waals surface area contributed by atoms with Gasteiger partial charge in [-0.3, -0.25) is 0 Å². The van der Waals surface area contributed by atoms with Gasteiger partial charge in [0.05, 0.1) is 0 Å². The summed E-state index contributed by atoms with van der Waals surface area (Å²) in [6, 6.07) is 0. The van der Waals surface area contributed by atoms with Gasteiger partial charge in [-0.2, -0.15) is 0 Å². The van der Waals surface area contributed by atoms with Crippen molar-refractivity contribution >= 4 is 0 Å². The Morgan fingerprint density at radius 1 is 1.23 bits per heavy atom. The van der Waals surface area contributed by atoms with E-state index in [-0.39, 0.29) is 0 Å². The molecule has 0 bridgehead atoms. The van der Waals surface area contributed by atoms with Crippen LogP contribution in [0.5, 0.6) is 0 Å². The fraction of sp³-hybridized carbons (Fsp3) is 0.846. The van der Waals surface area contributed by atoms with Crippen molar-refractivity contribution in [1.29, 1.82) is 0 Å². The van der Waals surface area contributed by atoms with Gasteiger partial charge in [0, 0.05) is 0 Å². The molecule has 0 saturated carbocycles. The molecule has 0 N–H and O–H groups in total. The maximum Gasteiger partial charge on any atom is -0.0321 e. The number of rotatable bonds is 6. The number of hydrogen-bond acceptors (Lipinski definition) is 0. The molecular weight excluding hydrogens is 156 g/mol. The van der Waals surface area contributed by atoms with Crippen LogP contribution in [-0.2, 0) is 0 Å². The van der Waals surface area contributed by atoms with Crippen LogP contribution in [-0.4, -0.2) is 0 Å².